The smallest absolute Gasteiger partial charge is 0.334 e. The fraction of sp³-hybridized carbons (Fsp3) is 0. The summed E-state index contributed by atoms with van der Waals surface area (Å²) in [7, 11) is 0. The van der Waals surface area contributed by atoms with Crippen molar-refractivity contribution < 1.29 is 0 Å². The maximum absolute atomic E-state index is 5.21. The molecule has 4 heterocycles. The first-order valence-corrected chi connectivity index (χ1v) is 12.1. The molecule has 0 radical (unpaired) electrons. The van der Waals surface area contributed by atoms with Gasteiger partial charge in [-0.15, -0.1) is 0 Å². The summed E-state index contributed by atoms with van der Waals surface area (Å²) in [4.78, 5) is 5.21. The fourth-order valence-electron chi connectivity index (χ4n) is 6.62. The number of fused-ring (bicyclic) bond motifs is 7. The molecule has 3 nitrogen and oxygen atoms in total. The van der Waals surface area contributed by atoms with Crippen LogP contribution < -0.4 is 10.9 Å². The predicted octanol–water partition coefficient (Wildman–Crippen LogP) is 5.75. The molecule has 160 valence electrons. The zero-order valence-corrected chi connectivity index (χ0v) is 18.8. The molecule has 2 aliphatic heterocycles. The number of nitrogens with zero attached hydrogens (tertiary/aromatic N) is 3. The Morgan fingerprint density at radius 1 is 0.600 bits per heavy atom. The second-order valence-electron chi connectivity index (χ2n) is 9.58. The van der Waals surface area contributed by atoms with Gasteiger partial charge in [0.05, 0.1) is 22.1 Å². The Morgan fingerprint density at radius 3 is 2.31 bits per heavy atom. The van der Waals surface area contributed by atoms with Crippen LogP contribution >= 0.6 is 0 Å². The van der Waals surface area contributed by atoms with E-state index in [1.165, 1.54) is 55.1 Å². The average molecular weight is 443 g/mol. The molecule has 0 bridgehead atoms. The van der Waals surface area contributed by atoms with Crippen LogP contribution in [0.1, 0.15) is 0 Å². The maximum Gasteiger partial charge on any atom is 0.334 e. The molecule has 2 aliphatic rings. The van der Waals surface area contributed by atoms with E-state index in [0.717, 1.165) is 16.9 Å². The van der Waals surface area contributed by atoms with Gasteiger partial charge in [0, 0.05) is 27.6 Å². The number of rotatable bonds is 1. The van der Waals surface area contributed by atoms with E-state index < -0.39 is 0 Å². The third-order valence-electron chi connectivity index (χ3n) is 7.91. The van der Waals surface area contributed by atoms with Crippen LogP contribution in [0, 0.1) is 0 Å². The van der Waals surface area contributed by atoms with E-state index in [0.29, 0.717) is 0 Å². The molecule has 9 rings (SSSR count). The van der Waals surface area contributed by atoms with Crippen molar-refractivity contribution in [2.24, 2.45) is 0 Å². The van der Waals surface area contributed by atoms with Crippen molar-refractivity contribution in [2.75, 3.05) is 0 Å². The molecule has 2 aromatic heterocycles. The SMILES string of the molecule is c1ccc(-c2nc3cccc4c3n2B2c3c-4cccc3-n3c4ccccc4c4cccc2c43)cc1. The van der Waals surface area contributed by atoms with Gasteiger partial charge in [-0.25, -0.2) is 4.98 Å². The molecule has 0 aliphatic carbocycles. The van der Waals surface area contributed by atoms with Crippen molar-refractivity contribution in [2.45, 2.75) is 0 Å². The second-order valence-corrected chi connectivity index (χ2v) is 9.58. The molecule has 0 saturated carbocycles. The zero-order valence-electron chi connectivity index (χ0n) is 18.8. The van der Waals surface area contributed by atoms with E-state index in [9.17, 15) is 0 Å². The molecule has 0 saturated heterocycles. The lowest BCUT2D eigenvalue weighted by Crippen LogP contribution is -2.55. The highest BCUT2D eigenvalue weighted by atomic mass is 15.1. The summed E-state index contributed by atoms with van der Waals surface area (Å²) in [5.74, 6) is 1.03. The van der Waals surface area contributed by atoms with Gasteiger partial charge < -0.3 is 9.05 Å². The van der Waals surface area contributed by atoms with Crippen molar-refractivity contribution >= 4 is 50.6 Å². The highest BCUT2D eigenvalue weighted by Crippen LogP contribution is 2.41. The van der Waals surface area contributed by atoms with Gasteiger partial charge in [-0.2, -0.15) is 0 Å². The molecule has 7 aromatic rings. The van der Waals surface area contributed by atoms with Gasteiger partial charge in [-0.3, -0.25) is 0 Å². The molecule has 0 amide bonds. The number of aromatic nitrogens is 3. The Balaban J connectivity index is 1.54. The summed E-state index contributed by atoms with van der Waals surface area (Å²) >= 11 is 0. The van der Waals surface area contributed by atoms with E-state index in [4.69, 9.17) is 4.98 Å². The van der Waals surface area contributed by atoms with Gasteiger partial charge in [0.2, 0.25) is 0 Å². The third-order valence-corrected chi connectivity index (χ3v) is 7.91. The van der Waals surface area contributed by atoms with Crippen LogP contribution in [0.3, 0.4) is 0 Å². The van der Waals surface area contributed by atoms with E-state index in [2.05, 4.69) is 118 Å². The van der Waals surface area contributed by atoms with Gasteiger partial charge in [-0.1, -0.05) is 91.0 Å². The Kier molecular flexibility index (Phi) is 3.11. The van der Waals surface area contributed by atoms with Gasteiger partial charge in [-0.05, 0) is 34.7 Å². The molecule has 0 unspecified atom stereocenters. The normalized spacial score (nSPS) is 13.1. The number of hydrogen-bond acceptors (Lipinski definition) is 1. The predicted molar refractivity (Wildman–Crippen MR) is 145 cm³/mol. The molecule has 0 N–H and O–H groups in total. The van der Waals surface area contributed by atoms with Crippen LogP contribution in [0.2, 0.25) is 0 Å². The van der Waals surface area contributed by atoms with Crippen molar-refractivity contribution in [1.29, 1.82) is 0 Å². The maximum atomic E-state index is 5.21. The highest BCUT2D eigenvalue weighted by Gasteiger charge is 2.41. The number of benzene rings is 5. The average Bonchev–Trinajstić information content (AvgIpc) is 3.47. The number of hydrogen-bond donors (Lipinski definition) is 0. The minimum Gasteiger partial charge on any atom is -0.359 e. The second kappa shape index (κ2) is 6.11. The lowest BCUT2D eigenvalue weighted by molar-refractivity contribution is 1.16. The standard InChI is InChI=1S/C31H18BN3/c1-2-9-19(10-3-1)31-33-25-16-7-14-23-21-12-8-18-27-28(21)32(35(31)30(23)25)24-15-6-13-22-20-11-4-5-17-26(20)34(27)29(22)24/h1-18H. The van der Waals surface area contributed by atoms with Gasteiger partial charge in [0.15, 0.2) is 0 Å². The highest BCUT2D eigenvalue weighted by molar-refractivity contribution is 6.89. The first-order valence-electron chi connectivity index (χ1n) is 12.1. The molecule has 0 atom stereocenters. The summed E-state index contributed by atoms with van der Waals surface area (Å²) < 4.78 is 4.99. The lowest BCUT2D eigenvalue weighted by atomic mass is 9.45. The molecule has 35 heavy (non-hydrogen) atoms. The quantitative estimate of drug-likeness (QED) is 0.297. The summed E-state index contributed by atoms with van der Waals surface area (Å²) in [5.41, 5.74) is 12.5. The first-order chi connectivity index (χ1) is 17.4. The topological polar surface area (TPSA) is 22.8 Å². The van der Waals surface area contributed by atoms with Crippen molar-refractivity contribution in [3.63, 3.8) is 0 Å². The molecule has 0 spiro atoms. The fourth-order valence-corrected chi connectivity index (χ4v) is 6.62. The van der Waals surface area contributed by atoms with Crippen LogP contribution in [0.25, 0.3) is 61.0 Å². The number of imidazole rings is 1. The van der Waals surface area contributed by atoms with Crippen LogP contribution in [0.5, 0.6) is 0 Å². The summed E-state index contributed by atoms with van der Waals surface area (Å²) in [6.45, 7) is 0.0665. The molecule has 5 aromatic carbocycles. The Morgan fingerprint density at radius 2 is 1.37 bits per heavy atom. The Labute approximate surface area is 202 Å². The van der Waals surface area contributed by atoms with Crippen molar-refractivity contribution in [1.82, 2.24) is 14.0 Å². The monoisotopic (exact) mass is 443 g/mol. The van der Waals surface area contributed by atoms with E-state index in [1.54, 1.807) is 0 Å². The lowest BCUT2D eigenvalue weighted by Gasteiger charge is -2.33. The van der Waals surface area contributed by atoms with Crippen molar-refractivity contribution in [3.8, 4) is 28.2 Å². The molecular weight excluding hydrogens is 425 g/mol. The summed E-state index contributed by atoms with van der Waals surface area (Å²) in [5, 5.41) is 2.61. The van der Waals surface area contributed by atoms with Crippen LogP contribution in [-0.2, 0) is 0 Å². The minimum atomic E-state index is 0.0665. The van der Waals surface area contributed by atoms with Gasteiger partial charge >= 0.3 is 6.85 Å². The van der Waals surface area contributed by atoms with Crippen LogP contribution in [0.4, 0.5) is 0 Å². The van der Waals surface area contributed by atoms with Crippen molar-refractivity contribution in [3.05, 3.63) is 109 Å². The van der Waals surface area contributed by atoms with E-state index in [1.807, 2.05) is 0 Å². The van der Waals surface area contributed by atoms with Crippen LogP contribution in [0.15, 0.2) is 109 Å². The molecule has 0 fully saturated rings. The molecule has 4 heteroatoms. The molecular formula is C31H18BN3. The Bertz CT molecular complexity index is 2010. The van der Waals surface area contributed by atoms with Gasteiger partial charge in [0.25, 0.3) is 0 Å². The largest absolute Gasteiger partial charge is 0.359 e. The minimum absolute atomic E-state index is 0.0665. The first kappa shape index (κ1) is 17.9. The Hall–Kier alpha value is -4.57. The number of para-hydroxylation sites is 3. The zero-order chi connectivity index (χ0) is 22.7. The third kappa shape index (κ3) is 2.03. The van der Waals surface area contributed by atoms with E-state index in [-0.39, 0.29) is 6.85 Å². The summed E-state index contributed by atoms with van der Waals surface area (Å²) in [6.07, 6.45) is 0. The van der Waals surface area contributed by atoms with Gasteiger partial charge in [0.1, 0.15) is 5.82 Å². The van der Waals surface area contributed by atoms with E-state index >= 15 is 0 Å². The van der Waals surface area contributed by atoms with Crippen LogP contribution in [-0.4, -0.2) is 20.9 Å². The summed E-state index contributed by atoms with van der Waals surface area (Å²) in [6, 6.07) is 39.6.